The summed E-state index contributed by atoms with van der Waals surface area (Å²) in [6, 6.07) is 3.75. The summed E-state index contributed by atoms with van der Waals surface area (Å²) in [5.41, 5.74) is 0.437. The molecule has 6 heteroatoms. The second-order valence-corrected chi connectivity index (χ2v) is 7.29. The highest BCUT2D eigenvalue weighted by molar-refractivity contribution is 9.09. The Morgan fingerprint density at radius 2 is 1.95 bits per heavy atom. The Balaban J connectivity index is 2.79. The molecule has 0 aliphatic rings. The summed E-state index contributed by atoms with van der Waals surface area (Å²) < 4.78 is 39.0. The highest BCUT2D eigenvalue weighted by Gasteiger charge is 2.22. The molecule has 0 fully saturated rings. The molecule has 1 aromatic rings. The molecule has 0 aromatic heterocycles. The monoisotopic (exact) mass is 351 g/mol. The van der Waals surface area contributed by atoms with Crippen LogP contribution in [0.1, 0.15) is 24.8 Å². The van der Waals surface area contributed by atoms with Gasteiger partial charge in [-0.1, -0.05) is 22.4 Å². The van der Waals surface area contributed by atoms with Gasteiger partial charge in [0.15, 0.2) is 0 Å². The van der Waals surface area contributed by atoms with Crippen molar-refractivity contribution in [2.24, 2.45) is 0 Å². The molecular weight excluding hydrogens is 333 g/mol. The SMILES string of the molecule is Cc1cc(F)ccc1S(=O)(=O)N(C)CCCCCBr. The van der Waals surface area contributed by atoms with Crippen LogP contribution in [-0.4, -0.2) is 31.6 Å². The fourth-order valence-corrected chi connectivity index (χ4v) is 3.60. The Kier molecular flexibility index (Phi) is 6.42. The maximum atomic E-state index is 13.0. The van der Waals surface area contributed by atoms with Gasteiger partial charge in [-0.15, -0.1) is 0 Å². The van der Waals surface area contributed by atoms with E-state index in [-0.39, 0.29) is 4.90 Å². The molecule has 19 heavy (non-hydrogen) atoms. The highest BCUT2D eigenvalue weighted by atomic mass is 79.9. The van der Waals surface area contributed by atoms with Gasteiger partial charge in [0.05, 0.1) is 4.90 Å². The zero-order valence-electron chi connectivity index (χ0n) is 11.2. The van der Waals surface area contributed by atoms with Crippen molar-refractivity contribution in [2.45, 2.75) is 31.1 Å². The van der Waals surface area contributed by atoms with Crippen molar-refractivity contribution in [2.75, 3.05) is 18.9 Å². The van der Waals surface area contributed by atoms with E-state index in [9.17, 15) is 12.8 Å². The van der Waals surface area contributed by atoms with E-state index in [2.05, 4.69) is 15.9 Å². The first-order chi connectivity index (χ1) is 8.89. The Hall–Kier alpha value is -0.460. The molecule has 1 rings (SSSR count). The van der Waals surface area contributed by atoms with Crippen LogP contribution < -0.4 is 0 Å². The zero-order valence-corrected chi connectivity index (χ0v) is 13.6. The third-order valence-electron chi connectivity index (χ3n) is 2.93. The second kappa shape index (κ2) is 7.36. The van der Waals surface area contributed by atoms with Crippen LogP contribution in [0.3, 0.4) is 0 Å². The number of benzene rings is 1. The lowest BCUT2D eigenvalue weighted by molar-refractivity contribution is 0.454. The molecule has 0 radical (unpaired) electrons. The van der Waals surface area contributed by atoms with Gasteiger partial charge >= 0.3 is 0 Å². The topological polar surface area (TPSA) is 37.4 Å². The summed E-state index contributed by atoms with van der Waals surface area (Å²) >= 11 is 3.34. The summed E-state index contributed by atoms with van der Waals surface area (Å²) in [7, 11) is -1.96. The van der Waals surface area contributed by atoms with E-state index >= 15 is 0 Å². The van der Waals surface area contributed by atoms with Crippen molar-refractivity contribution < 1.29 is 12.8 Å². The third kappa shape index (κ3) is 4.54. The van der Waals surface area contributed by atoms with Crippen molar-refractivity contribution in [3.8, 4) is 0 Å². The van der Waals surface area contributed by atoms with Gasteiger partial charge in [-0.3, -0.25) is 0 Å². The average molecular weight is 352 g/mol. The van der Waals surface area contributed by atoms with E-state index in [1.165, 1.54) is 22.5 Å². The molecule has 0 unspecified atom stereocenters. The number of sulfonamides is 1. The Bertz CT molecular complexity index is 519. The lowest BCUT2D eigenvalue weighted by Crippen LogP contribution is -2.28. The molecule has 0 heterocycles. The molecule has 3 nitrogen and oxygen atoms in total. The van der Waals surface area contributed by atoms with Crippen LogP contribution in [0.5, 0.6) is 0 Å². The average Bonchev–Trinajstić information content (AvgIpc) is 2.33. The molecule has 0 saturated heterocycles. The predicted octanol–water partition coefficient (Wildman–Crippen LogP) is 3.32. The number of aryl methyl sites for hydroxylation is 1. The summed E-state index contributed by atoms with van der Waals surface area (Å²) in [5.74, 6) is -0.420. The fourth-order valence-electron chi connectivity index (χ4n) is 1.80. The van der Waals surface area contributed by atoms with Gasteiger partial charge in [0.2, 0.25) is 10.0 Å². The maximum Gasteiger partial charge on any atom is 0.243 e. The number of hydrogen-bond donors (Lipinski definition) is 0. The smallest absolute Gasteiger partial charge is 0.207 e. The molecule has 0 atom stereocenters. The lowest BCUT2D eigenvalue weighted by atomic mass is 10.2. The molecule has 0 bridgehead atoms. The van der Waals surface area contributed by atoms with Crippen LogP contribution in [0, 0.1) is 12.7 Å². The normalized spacial score (nSPS) is 12.1. The van der Waals surface area contributed by atoms with E-state index < -0.39 is 15.8 Å². The number of unbranched alkanes of at least 4 members (excludes halogenated alkanes) is 2. The minimum atomic E-state index is -3.52. The zero-order chi connectivity index (χ0) is 14.5. The van der Waals surface area contributed by atoms with Crippen LogP contribution in [0.15, 0.2) is 23.1 Å². The Labute approximate surface area is 123 Å². The highest BCUT2D eigenvalue weighted by Crippen LogP contribution is 2.20. The van der Waals surface area contributed by atoms with E-state index in [4.69, 9.17) is 0 Å². The van der Waals surface area contributed by atoms with Crippen LogP contribution in [0.25, 0.3) is 0 Å². The van der Waals surface area contributed by atoms with Gasteiger partial charge in [-0.2, -0.15) is 0 Å². The van der Waals surface area contributed by atoms with E-state index in [0.717, 1.165) is 24.6 Å². The first kappa shape index (κ1) is 16.6. The van der Waals surface area contributed by atoms with Gasteiger partial charge in [-0.05, 0) is 43.5 Å². The fraction of sp³-hybridized carbons (Fsp3) is 0.538. The number of hydrogen-bond acceptors (Lipinski definition) is 2. The minimum Gasteiger partial charge on any atom is -0.207 e. The molecule has 0 spiro atoms. The van der Waals surface area contributed by atoms with Crippen molar-refractivity contribution in [3.63, 3.8) is 0 Å². The molecule has 108 valence electrons. The molecule has 0 aliphatic heterocycles. The van der Waals surface area contributed by atoms with Gasteiger partial charge < -0.3 is 0 Å². The lowest BCUT2D eigenvalue weighted by Gasteiger charge is -2.18. The largest absolute Gasteiger partial charge is 0.243 e. The van der Waals surface area contributed by atoms with Gasteiger partial charge in [0, 0.05) is 18.9 Å². The minimum absolute atomic E-state index is 0.178. The number of rotatable bonds is 7. The second-order valence-electron chi connectivity index (χ2n) is 4.49. The quantitative estimate of drug-likeness (QED) is 0.558. The van der Waals surface area contributed by atoms with Crippen LogP contribution in [0.4, 0.5) is 4.39 Å². The first-order valence-corrected chi connectivity index (χ1v) is 8.74. The molecule has 0 saturated carbocycles. The Morgan fingerprint density at radius 3 is 2.53 bits per heavy atom. The molecule has 1 aromatic carbocycles. The van der Waals surface area contributed by atoms with Crippen molar-refractivity contribution in [1.82, 2.24) is 4.31 Å². The predicted molar refractivity (Wildman–Crippen MR) is 78.6 cm³/mol. The number of halogens is 2. The number of alkyl halides is 1. The van der Waals surface area contributed by atoms with Crippen LogP contribution >= 0.6 is 15.9 Å². The molecule has 0 N–H and O–H groups in total. The first-order valence-electron chi connectivity index (χ1n) is 6.18. The van der Waals surface area contributed by atoms with Crippen molar-refractivity contribution in [3.05, 3.63) is 29.6 Å². The van der Waals surface area contributed by atoms with Crippen LogP contribution in [0.2, 0.25) is 0 Å². The summed E-state index contributed by atoms with van der Waals surface area (Å²) in [4.78, 5) is 0.178. The van der Waals surface area contributed by atoms with Crippen molar-refractivity contribution in [1.29, 1.82) is 0 Å². The van der Waals surface area contributed by atoms with Gasteiger partial charge in [0.1, 0.15) is 5.82 Å². The van der Waals surface area contributed by atoms with E-state index in [1.807, 2.05) is 0 Å². The van der Waals surface area contributed by atoms with E-state index in [0.29, 0.717) is 12.1 Å². The molecule has 0 aliphatic carbocycles. The Morgan fingerprint density at radius 1 is 1.26 bits per heavy atom. The third-order valence-corrected chi connectivity index (χ3v) is 5.51. The summed E-state index contributed by atoms with van der Waals surface area (Å²) in [6.07, 6.45) is 2.83. The standard InChI is InChI=1S/C13H19BrFNO2S/c1-11-10-12(15)6-7-13(11)19(17,18)16(2)9-5-3-4-8-14/h6-7,10H,3-5,8-9H2,1-2H3. The van der Waals surface area contributed by atoms with Gasteiger partial charge in [-0.25, -0.2) is 17.1 Å². The maximum absolute atomic E-state index is 13.0. The van der Waals surface area contributed by atoms with Crippen molar-refractivity contribution >= 4 is 26.0 Å². The van der Waals surface area contributed by atoms with Gasteiger partial charge in [0.25, 0.3) is 0 Å². The molecular formula is C13H19BrFNO2S. The van der Waals surface area contributed by atoms with E-state index in [1.54, 1.807) is 14.0 Å². The summed E-state index contributed by atoms with van der Waals surface area (Å²) in [6.45, 7) is 2.08. The molecule has 0 amide bonds. The number of nitrogens with zero attached hydrogens (tertiary/aromatic N) is 1. The van der Waals surface area contributed by atoms with Crippen LogP contribution in [-0.2, 0) is 10.0 Å². The summed E-state index contributed by atoms with van der Waals surface area (Å²) in [5, 5.41) is 0.931.